The van der Waals surface area contributed by atoms with Crippen molar-refractivity contribution in [1.82, 2.24) is 4.90 Å². The smallest absolute Gasteiger partial charge is 0.241 e. The number of amides is 1. The monoisotopic (exact) mass is 282 g/mol. The van der Waals surface area contributed by atoms with E-state index in [0.29, 0.717) is 25.2 Å². The number of hydrogen-bond acceptors (Lipinski definition) is 3. The lowest BCUT2D eigenvalue weighted by atomic mass is 10.2. The van der Waals surface area contributed by atoms with Crippen molar-refractivity contribution in [3.05, 3.63) is 30.1 Å². The van der Waals surface area contributed by atoms with Gasteiger partial charge in [-0.25, -0.2) is 4.39 Å². The average molecular weight is 282 g/mol. The molecule has 1 N–H and O–H groups in total. The highest BCUT2D eigenvalue weighted by molar-refractivity contribution is 5.94. The number of likely N-dealkylation sites (N-methyl/N-ethyl adjacent to an activating group) is 2. The second-order valence-corrected chi connectivity index (χ2v) is 4.99. The Balaban J connectivity index is 2.61. The fourth-order valence-electron chi connectivity index (χ4n) is 1.93. The molecule has 1 aromatic carbocycles. The van der Waals surface area contributed by atoms with Crippen LogP contribution < -0.4 is 4.90 Å². The summed E-state index contributed by atoms with van der Waals surface area (Å²) in [5, 5.41) is 9.24. The van der Waals surface area contributed by atoms with Crippen LogP contribution in [0, 0.1) is 5.82 Å². The van der Waals surface area contributed by atoms with Gasteiger partial charge in [-0.15, -0.1) is 0 Å². The van der Waals surface area contributed by atoms with Crippen molar-refractivity contribution < 1.29 is 14.3 Å². The van der Waals surface area contributed by atoms with Crippen LogP contribution in [0.4, 0.5) is 10.1 Å². The van der Waals surface area contributed by atoms with Crippen molar-refractivity contribution in [3.8, 4) is 0 Å². The van der Waals surface area contributed by atoms with E-state index in [1.54, 1.807) is 24.0 Å². The van der Waals surface area contributed by atoms with E-state index in [2.05, 4.69) is 0 Å². The molecule has 0 aromatic heterocycles. The third-order valence-corrected chi connectivity index (χ3v) is 3.09. The number of nitrogens with zero attached hydrogens (tertiary/aromatic N) is 2. The minimum atomic E-state index is -0.369. The number of rotatable bonds is 7. The summed E-state index contributed by atoms with van der Waals surface area (Å²) in [5.41, 5.74) is 0.697. The third-order valence-electron chi connectivity index (χ3n) is 3.09. The van der Waals surface area contributed by atoms with Crippen molar-refractivity contribution in [2.24, 2.45) is 0 Å². The van der Waals surface area contributed by atoms with Crippen LogP contribution in [0.2, 0.25) is 0 Å². The molecular formula is C15H23FN2O2. The van der Waals surface area contributed by atoms with Gasteiger partial charge in [0.15, 0.2) is 0 Å². The molecule has 0 aliphatic heterocycles. The van der Waals surface area contributed by atoms with E-state index in [0.717, 1.165) is 0 Å². The largest absolute Gasteiger partial charge is 0.393 e. The molecule has 1 aromatic rings. The average Bonchev–Trinajstić information content (AvgIpc) is 2.39. The van der Waals surface area contributed by atoms with Crippen LogP contribution in [0.25, 0.3) is 0 Å². The van der Waals surface area contributed by atoms with Crippen molar-refractivity contribution >= 4 is 11.6 Å². The highest BCUT2D eigenvalue weighted by atomic mass is 19.1. The third kappa shape index (κ3) is 5.27. The fraction of sp³-hybridized carbons (Fsp3) is 0.533. The number of hydrogen-bond donors (Lipinski definition) is 1. The van der Waals surface area contributed by atoms with Gasteiger partial charge in [-0.1, -0.05) is 0 Å². The SMILES string of the molecule is CCN(C(=O)CN(C)CCC(C)O)c1ccc(F)cc1. The molecule has 1 atom stereocenters. The molecule has 0 fully saturated rings. The Morgan fingerprint density at radius 3 is 2.45 bits per heavy atom. The van der Waals surface area contributed by atoms with Crippen LogP contribution in [-0.4, -0.2) is 48.7 Å². The zero-order chi connectivity index (χ0) is 15.1. The maximum Gasteiger partial charge on any atom is 0.241 e. The number of halogens is 1. The van der Waals surface area contributed by atoms with E-state index in [1.807, 2.05) is 18.9 Å². The predicted octanol–water partition coefficient (Wildman–Crippen LogP) is 1.88. The van der Waals surface area contributed by atoms with Crippen molar-refractivity contribution in [2.75, 3.05) is 31.6 Å². The summed E-state index contributed by atoms with van der Waals surface area (Å²) < 4.78 is 12.9. The number of carbonyl (C=O) groups excluding carboxylic acids is 1. The molecule has 112 valence electrons. The summed E-state index contributed by atoms with van der Waals surface area (Å²) in [6.45, 7) is 5.08. The van der Waals surface area contributed by atoms with Gasteiger partial charge >= 0.3 is 0 Å². The number of aliphatic hydroxyl groups excluding tert-OH is 1. The van der Waals surface area contributed by atoms with Crippen LogP contribution in [0.1, 0.15) is 20.3 Å². The van der Waals surface area contributed by atoms with E-state index in [-0.39, 0.29) is 24.4 Å². The highest BCUT2D eigenvalue weighted by Crippen LogP contribution is 2.15. The topological polar surface area (TPSA) is 43.8 Å². The molecule has 0 aliphatic rings. The van der Waals surface area contributed by atoms with Crippen LogP contribution in [0.3, 0.4) is 0 Å². The molecule has 0 saturated carbocycles. The van der Waals surface area contributed by atoms with E-state index in [9.17, 15) is 14.3 Å². The molecule has 4 nitrogen and oxygen atoms in total. The lowest BCUT2D eigenvalue weighted by Crippen LogP contribution is -2.39. The zero-order valence-electron chi connectivity index (χ0n) is 12.3. The quantitative estimate of drug-likeness (QED) is 0.830. The standard InChI is InChI=1S/C15H23FN2O2/c1-4-18(14-7-5-13(16)6-8-14)15(20)11-17(3)10-9-12(2)19/h5-8,12,19H,4,9-11H2,1-3H3. The molecule has 5 heteroatoms. The zero-order valence-corrected chi connectivity index (χ0v) is 12.3. The summed E-state index contributed by atoms with van der Waals surface area (Å²) in [4.78, 5) is 15.7. The predicted molar refractivity (Wildman–Crippen MR) is 78.2 cm³/mol. The number of aliphatic hydroxyl groups is 1. The van der Waals surface area contributed by atoms with Gasteiger partial charge in [-0.3, -0.25) is 9.69 Å². The maximum atomic E-state index is 12.9. The molecule has 0 radical (unpaired) electrons. The van der Waals surface area contributed by atoms with E-state index >= 15 is 0 Å². The second-order valence-electron chi connectivity index (χ2n) is 4.99. The first-order chi connectivity index (χ1) is 9.43. The molecule has 1 amide bonds. The molecule has 0 bridgehead atoms. The fourth-order valence-corrected chi connectivity index (χ4v) is 1.93. The van der Waals surface area contributed by atoms with Gasteiger partial charge in [-0.05, 0) is 51.6 Å². The molecule has 1 rings (SSSR count). The Kier molecular flexibility index (Phi) is 6.61. The Labute approximate surface area is 119 Å². The van der Waals surface area contributed by atoms with Crippen LogP contribution in [0.15, 0.2) is 24.3 Å². The van der Waals surface area contributed by atoms with Gasteiger partial charge in [0.05, 0.1) is 12.6 Å². The normalized spacial score (nSPS) is 12.5. The van der Waals surface area contributed by atoms with Crippen LogP contribution in [-0.2, 0) is 4.79 Å². The lowest BCUT2D eigenvalue weighted by Gasteiger charge is -2.24. The van der Waals surface area contributed by atoms with Crippen molar-refractivity contribution in [1.29, 1.82) is 0 Å². The van der Waals surface area contributed by atoms with Gasteiger partial charge in [0.2, 0.25) is 5.91 Å². The Morgan fingerprint density at radius 1 is 1.35 bits per heavy atom. The first-order valence-corrected chi connectivity index (χ1v) is 6.86. The molecule has 0 aliphatic carbocycles. The van der Waals surface area contributed by atoms with Gasteiger partial charge < -0.3 is 10.0 Å². The summed E-state index contributed by atoms with van der Waals surface area (Å²) in [6.07, 6.45) is 0.263. The lowest BCUT2D eigenvalue weighted by molar-refractivity contribution is -0.119. The van der Waals surface area contributed by atoms with Gasteiger partial charge in [0.25, 0.3) is 0 Å². The first kappa shape index (κ1) is 16.6. The first-order valence-electron chi connectivity index (χ1n) is 6.86. The van der Waals surface area contributed by atoms with Crippen LogP contribution in [0.5, 0.6) is 0 Å². The molecule has 0 spiro atoms. The van der Waals surface area contributed by atoms with E-state index < -0.39 is 0 Å². The molecule has 20 heavy (non-hydrogen) atoms. The summed E-state index contributed by atoms with van der Waals surface area (Å²) in [6, 6.07) is 5.91. The number of anilines is 1. The molecular weight excluding hydrogens is 259 g/mol. The Bertz CT molecular complexity index is 420. The minimum absolute atomic E-state index is 0.0350. The number of benzene rings is 1. The van der Waals surface area contributed by atoms with Crippen LogP contribution >= 0.6 is 0 Å². The van der Waals surface area contributed by atoms with Gasteiger partial charge in [0.1, 0.15) is 5.82 Å². The Hall–Kier alpha value is -1.46. The molecule has 0 heterocycles. The van der Waals surface area contributed by atoms with Gasteiger partial charge in [-0.2, -0.15) is 0 Å². The summed E-state index contributed by atoms with van der Waals surface area (Å²) in [7, 11) is 1.85. The number of carbonyl (C=O) groups is 1. The van der Waals surface area contributed by atoms with Crippen molar-refractivity contribution in [2.45, 2.75) is 26.4 Å². The Morgan fingerprint density at radius 2 is 1.95 bits per heavy atom. The maximum absolute atomic E-state index is 12.9. The van der Waals surface area contributed by atoms with Crippen molar-refractivity contribution in [3.63, 3.8) is 0 Å². The molecule has 1 unspecified atom stereocenters. The van der Waals surface area contributed by atoms with E-state index in [4.69, 9.17) is 0 Å². The minimum Gasteiger partial charge on any atom is -0.393 e. The summed E-state index contributed by atoms with van der Waals surface area (Å²) in [5.74, 6) is -0.349. The second kappa shape index (κ2) is 7.97. The highest BCUT2D eigenvalue weighted by Gasteiger charge is 2.16. The van der Waals surface area contributed by atoms with E-state index in [1.165, 1.54) is 12.1 Å². The summed E-state index contributed by atoms with van der Waals surface area (Å²) >= 11 is 0. The van der Waals surface area contributed by atoms with Gasteiger partial charge in [0, 0.05) is 18.8 Å². The molecule has 0 saturated heterocycles.